The summed E-state index contributed by atoms with van der Waals surface area (Å²) in [5, 5.41) is 7.52. The second-order valence-electron chi connectivity index (χ2n) is 3.69. The van der Waals surface area contributed by atoms with E-state index in [0.717, 1.165) is 4.77 Å². The van der Waals surface area contributed by atoms with Crippen molar-refractivity contribution in [2.75, 3.05) is 6.26 Å². The lowest BCUT2D eigenvalue weighted by atomic mass is 9.95. The van der Waals surface area contributed by atoms with E-state index in [-0.39, 0.29) is 0 Å². The van der Waals surface area contributed by atoms with E-state index >= 15 is 0 Å². The Balaban J connectivity index is 2.23. The number of H-pyrrole nitrogens is 1. The van der Waals surface area contributed by atoms with Crippen molar-refractivity contribution in [1.29, 1.82) is 0 Å². The maximum absolute atomic E-state index is 5.20. The van der Waals surface area contributed by atoms with Crippen LogP contribution in [0.2, 0.25) is 0 Å². The molecule has 0 radical (unpaired) electrons. The van der Waals surface area contributed by atoms with Gasteiger partial charge in [0.1, 0.15) is 6.33 Å². The molecule has 0 amide bonds. The summed E-state index contributed by atoms with van der Waals surface area (Å²) in [5.74, 6) is 0. The molecular formula is C9H15N3S2. The van der Waals surface area contributed by atoms with E-state index in [1.54, 1.807) is 0 Å². The zero-order chi connectivity index (χ0) is 9.97. The minimum absolute atomic E-state index is 0.546. The van der Waals surface area contributed by atoms with Gasteiger partial charge in [-0.25, -0.2) is 0 Å². The van der Waals surface area contributed by atoms with Crippen molar-refractivity contribution >= 4 is 24.0 Å². The minimum atomic E-state index is 0.546. The summed E-state index contributed by atoms with van der Waals surface area (Å²) in [4.78, 5) is 0. The molecule has 1 aromatic rings. The summed E-state index contributed by atoms with van der Waals surface area (Å²) in [6, 6.07) is 0.546. The van der Waals surface area contributed by atoms with Crippen LogP contribution in [0.1, 0.15) is 31.7 Å². The van der Waals surface area contributed by atoms with E-state index in [4.69, 9.17) is 12.2 Å². The predicted molar refractivity (Wildman–Crippen MR) is 62.2 cm³/mol. The number of thioether (sulfide) groups is 1. The van der Waals surface area contributed by atoms with Crippen LogP contribution >= 0.6 is 24.0 Å². The number of nitrogens with zero attached hydrogens (tertiary/aromatic N) is 2. The normalized spacial score (nSPS) is 27.8. The summed E-state index contributed by atoms with van der Waals surface area (Å²) >= 11 is 7.15. The van der Waals surface area contributed by atoms with Gasteiger partial charge in [0.2, 0.25) is 0 Å². The molecule has 0 spiro atoms. The number of hydrogen-bond acceptors (Lipinski definition) is 3. The average molecular weight is 229 g/mol. The molecule has 1 heterocycles. The van der Waals surface area contributed by atoms with E-state index in [1.807, 2.05) is 18.1 Å². The van der Waals surface area contributed by atoms with Gasteiger partial charge in [0.25, 0.3) is 0 Å². The van der Waals surface area contributed by atoms with Crippen LogP contribution in [0.15, 0.2) is 6.33 Å². The fraction of sp³-hybridized carbons (Fsp3) is 0.778. The van der Waals surface area contributed by atoms with Crippen molar-refractivity contribution in [3.8, 4) is 0 Å². The highest BCUT2D eigenvalue weighted by Gasteiger charge is 2.26. The highest BCUT2D eigenvalue weighted by atomic mass is 32.2. The first-order valence-corrected chi connectivity index (χ1v) is 6.67. The predicted octanol–water partition coefficient (Wildman–Crippen LogP) is 2.79. The molecule has 1 aromatic heterocycles. The maximum Gasteiger partial charge on any atom is 0.195 e. The zero-order valence-corrected chi connectivity index (χ0v) is 9.90. The fourth-order valence-corrected chi connectivity index (χ4v) is 3.38. The highest BCUT2D eigenvalue weighted by Crippen LogP contribution is 2.35. The van der Waals surface area contributed by atoms with E-state index in [2.05, 4.69) is 21.0 Å². The Bertz CT molecular complexity index is 344. The number of rotatable bonds is 2. The lowest BCUT2D eigenvalue weighted by molar-refractivity contribution is 0.361. The molecule has 0 saturated heterocycles. The second-order valence-corrected chi connectivity index (χ2v) is 5.16. The smallest absolute Gasteiger partial charge is 0.195 e. The van der Waals surface area contributed by atoms with E-state index < -0.39 is 0 Å². The molecule has 2 atom stereocenters. The number of aromatic nitrogens is 3. The molecule has 1 saturated carbocycles. The molecule has 14 heavy (non-hydrogen) atoms. The largest absolute Gasteiger partial charge is 0.303 e. The van der Waals surface area contributed by atoms with Gasteiger partial charge in [0, 0.05) is 11.3 Å². The fourth-order valence-electron chi connectivity index (χ4n) is 2.16. The summed E-state index contributed by atoms with van der Waals surface area (Å²) in [7, 11) is 0. The molecule has 0 bridgehead atoms. The molecule has 78 valence electrons. The SMILES string of the molecule is CSC1CCCCC1n1cn[nH]c1=S. The first-order valence-electron chi connectivity index (χ1n) is 4.97. The molecular weight excluding hydrogens is 214 g/mol. The van der Waals surface area contributed by atoms with Crippen LogP contribution in [0.4, 0.5) is 0 Å². The number of aromatic amines is 1. The molecule has 1 fully saturated rings. The van der Waals surface area contributed by atoms with Crippen molar-refractivity contribution in [1.82, 2.24) is 14.8 Å². The van der Waals surface area contributed by atoms with Crippen molar-refractivity contribution in [2.45, 2.75) is 37.0 Å². The van der Waals surface area contributed by atoms with Gasteiger partial charge in [-0.15, -0.1) is 0 Å². The number of hydrogen-bond donors (Lipinski definition) is 1. The molecule has 2 unspecified atom stereocenters. The van der Waals surface area contributed by atoms with Gasteiger partial charge in [-0.3, -0.25) is 5.10 Å². The van der Waals surface area contributed by atoms with Crippen LogP contribution in [-0.4, -0.2) is 26.3 Å². The van der Waals surface area contributed by atoms with E-state index in [9.17, 15) is 0 Å². The molecule has 1 aliphatic carbocycles. The van der Waals surface area contributed by atoms with Gasteiger partial charge in [0.15, 0.2) is 4.77 Å². The summed E-state index contributed by atoms with van der Waals surface area (Å²) in [5.41, 5.74) is 0. The Morgan fingerprint density at radius 3 is 3.00 bits per heavy atom. The van der Waals surface area contributed by atoms with Crippen LogP contribution in [0.3, 0.4) is 0 Å². The van der Waals surface area contributed by atoms with Gasteiger partial charge in [-0.2, -0.15) is 16.9 Å². The Labute approximate surface area is 93.3 Å². The van der Waals surface area contributed by atoms with Crippen LogP contribution in [0, 0.1) is 4.77 Å². The van der Waals surface area contributed by atoms with Crippen LogP contribution in [0.5, 0.6) is 0 Å². The quantitative estimate of drug-likeness (QED) is 0.792. The lowest BCUT2D eigenvalue weighted by Crippen LogP contribution is -2.24. The van der Waals surface area contributed by atoms with Crippen molar-refractivity contribution < 1.29 is 0 Å². The third kappa shape index (κ3) is 1.88. The molecule has 5 heteroatoms. The van der Waals surface area contributed by atoms with Crippen LogP contribution in [0.25, 0.3) is 0 Å². The topological polar surface area (TPSA) is 33.6 Å². The summed E-state index contributed by atoms with van der Waals surface area (Å²) in [6.45, 7) is 0. The number of nitrogens with one attached hydrogen (secondary N) is 1. The monoisotopic (exact) mass is 229 g/mol. The van der Waals surface area contributed by atoms with Gasteiger partial charge >= 0.3 is 0 Å². The van der Waals surface area contributed by atoms with Crippen molar-refractivity contribution in [3.05, 3.63) is 11.1 Å². The Hall–Kier alpha value is -0.290. The van der Waals surface area contributed by atoms with Crippen LogP contribution in [-0.2, 0) is 0 Å². The maximum atomic E-state index is 5.20. The first kappa shape index (κ1) is 10.2. The van der Waals surface area contributed by atoms with Crippen molar-refractivity contribution in [3.63, 3.8) is 0 Å². The molecule has 1 aliphatic rings. The summed E-state index contributed by atoms with van der Waals surface area (Å²) in [6.07, 6.45) is 9.23. The zero-order valence-electron chi connectivity index (χ0n) is 8.27. The minimum Gasteiger partial charge on any atom is -0.303 e. The average Bonchev–Trinajstić information content (AvgIpc) is 2.64. The first-order chi connectivity index (χ1) is 6.83. The van der Waals surface area contributed by atoms with Crippen LogP contribution < -0.4 is 0 Å². The molecule has 0 aliphatic heterocycles. The van der Waals surface area contributed by atoms with Crippen molar-refractivity contribution in [2.24, 2.45) is 0 Å². The van der Waals surface area contributed by atoms with Gasteiger partial charge in [0.05, 0.1) is 0 Å². The second kappa shape index (κ2) is 4.49. The highest BCUT2D eigenvalue weighted by molar-refractivity contribution is 7.99. The molecule has 2 rings (SSSR count). The van der Waals surface area contributed by atoms with Gasteiger partial charge in [-0.1, -0.05) is 12.8 Å². The van der Waals surface area contributed by atoms with E-state index in [0.29, 0.717) is 11.3 Å². The Morgan fingerprint density at radius 1 is 1.57 bits per heavy atom. The Morgan fingerprint density at radius 2 is 2.36 bits per heavy atom. The third-order valence-corrected chi connectivity index (χ3v) is 4.36. The molecule has 3 nitrogen and oxygen atoms in total. The standard InChI is InChI=1S/C9H15N3S2/c1-14-8-5-3-2-4-7(8)12-6-10-11-9(12)13/h6-8H,2-5H2,1H3,(H,11,13). The third-order valence-electron chi connectivity index (χ3n) is 2.90. The van der Waals surface area contributed by atoms with Gasteiger partial charge in [-0.05, 0) is 31.3 Å². The molecule has 1 N–H and O–H groups in total. The molecule has 0 aromatic carbocycles. The summed E-state index contributed by atoms with van der Waals surface area (Å²) < 4.78 is 2.88. The van der Waals surface area contributed by atoms with Gasteiger partial charge < -0.3 is 4.57 Å². The Kier molecular flexibility index (Phi) is 3.28. The lowest BCUT2D eigenvalue weighted by Gasteiger charge is -2.30. The van der Waals surface area contributed by atoms with E-state index in [1.165, 1.54) is 25.7 Å².